The van der Waals surface area contributed by atoms with Gasteiger partial charge >= 0.3 is 0 Å². The largest absolute Gasteiger partial charge is 0.345 e. The smallest absolute Gasteiger partial charge is 0.255 e. The minimum atomic E-state index is -0.136. The lowest BCUT2D eigenvalue weighted by molar-refractivity contribution is -0.116. The molecule has 1 saturated carbocycles. The molecule has 2 amide bonds. The zero-order valence-corrected chi connectivity index (χ0v) is 11.9. The van der Waals surface area contributed by atoms with Gasteiger partial charge in [-0.25, -0.2) is 0 Å². The van der Waals surface area contributed by atoms with Crippen molar-refractivity contribution in [3.8, 4) is 0 Å². The minimum absolute atomic E-state index is 0.0771. The molecule has 1 fully saturated rings. The normalized spacial score (nSPS) is 15.6. The summed E-state index contributed by atoms with van der Waals surface area (Å²) in [5.41, 5.74) is 6.98. The Balaban J connectivity index is 2.04. The van der Waals surface area contributed by atoms with Crippen molar-refractivity contribution in [3.05, 3.63) is 29.8 Å². The van der Waals surface area contributed by atoms with Gasteiger partial charge in [-0.3, -0.25) is 9.59 Å². The lowest BCUT2D eigenvalue weighted by Crippen LogP contribution is -2.30. The van der Waals surface area contributed by atoms with E-state index in [0.717, 1.165) is 12.8 Å². The van der Waals surface area contributed by atoms with Crippen molar-refractivity contribution >= 4 is 17.5 Å². The fourth-order valence-electron chi connectivity index (χ4n) is 2.13. The molecule has 0 saturated heterocycles. The second kappa shape index (κ2) is 6.05. The maximum atomic E-state index is 12.0. The van der Waals surface area contributed by atoms with Gasteiger partial charge in [0.1, 0.15) is 0 Å². The van der Waals surface area contributed by atoms with Crippen LogP contribution in [0.3, 0.4) is 0 Å². The molecule has 2 rings (SSSR count). The van der Waals surface area contributed by atoms with Crippen LogP contribution in [0.25, 0.3) is 0 Å². The van der Waals surface area contributed by atoms with Crippen molar-refractivity contribution in [1.29, 1.82) is 0 Å². The number of carbonyl (C=O) groups is 2. The van der Waals surface area contributed by atoms with Gasteiger partial charge in [-0.1, -0.05) is 12.1 Å². The van der Waals surface area contributed by atoms with Crippen LogP contribution in [-0.4, -0.2) is 36.9 Å². The van der Waals surface area contributed by atoms with E-state index >= 15 is 0 Å². The average Bonchev–Trinajstić information content (AvgIpc) is 3.22. The third kappa shape index (κ3) is 3.57. The molecule has 0 radical (unpaired) electrons. The third-order valence-electron chi connectivity index (χ3n) is 3.49. The second-order valence-electron chi connectivity index (χ2n) is 5.50. The molecule has 20 heavy (non-hydrogen) atoms. The fraction of sp³-hybridized carbons (Fsp3) is 0.467. The summed E-state index contributed by atoms with van der Waals surface area (Å²) in [6, 6.07) is 6.94. The highest BCUT2D eigenvalue weighted by Gasteiger charge is 2.30. The quantitative estimate of drug-likeness (QED) is 0.854. The molecule has 1 aliphatic rings. The van der Waals surface area contributed by atoms with Crippen molar-refractivity contribution in [3.63, 3.8) is 0 Å². The van der Waals surface area contributed by atoms with Crippen LogP contribution in [-0.2, 0) is 4.79 Å². The Morgan fingerprint density at radius 3 is 2.60 bits per heavy atom. The lowest BCUT2D eigenvalue weighted by Gasteiger charge is -2.15. The van der Waals surface area contributed by atoms with Crippen LogP contribution in [0.15, 0.2) is 24.3 Å². The first-order valence-corrected chi connectivity index (χ1v) is 6.85. The number of para-hydroxylation sites is 1. The molecule has 5 nitrogen and oxygen atoms in total. The number of amides is 2. The first-order valence-electron chi connectivity index (χ1n) is 6.85. The molecular formula is C15H21N3O2. The number of anilines is 1. The van der Waals surface area contributed by atoms with Gasteiger partial charge in [0, 0.05) is 26.6 Å². The van der Waals surface area contributed by atoms with Gasteiger partial charge in [-0.2, -0.15) is 0 Å². The molecule has 1 aromatic carbocycles. The summed E-state index contributed by atoms with van der Waals surface area (Å²) < 4.78 is 0. The number of rotatable bonds is 5. The van der Waals surface area contributed by atoms with E-state index in [1.54, 1.807) is 38.4 Å². The molecule has 1 aliphatic carbocycles. The molecule has 3 N–H and O–H groups in total. The first-order chi connectivity index (χ1) is 9.49. The fourth-order valence-corrected chi connectivity index (χ4v) is 2.13. The van der Waals surface area contributed by atoms with Crippen molar-refractivity contribution in [2.24, 2.45) is 11.7 Å². The SMILES string of the molecule is CN(C)C(=O)c1ccccc1NC(=O)CC(N)C1CC1. The predicted molar refractivity (Wildman–Crippen MR) is 78.4 cm³/mol. The van der Waals surface area contributed by atoms with Crippen LogP contribution < -0.4 is 11.1 Å². The van der Waals surface area contributed by atoms with E-state index < -0.39 is 0 Å². The number of hydrogen-bond donors (Lipinski definition) is 2. The topological polar surface area (TPSA) is 75.4 Å². The molecule has 1 aromatic rings. The van der Waals surface area contributed by atoms with Crippen molar-refractivity contribution in [2.45, 2.75) is 25.3 Å². The summed E-state index contributed by atoms with van der Waals surface area (Å²) in [5.74, 6) is 0.218. The first kappa shape index (κ1) is 14.5. The number of benzene rings is 1. The summed E-state index contributed by atoms with van der Waals surface area (Å²) in [6.07, 6.45) is 2.53. The Hall–Kier alpha value is -1.88. The van der Waals surface area contributed by atoms with Gasteiger partial charge in [0.2, 0.25) is 5.91 Å². The summed E-state index contributed by atoms with van der Waals surface area (Å²) in [6.45, 7) is 0. The molecule has 0 aromatic heterocycles. The Labute approximate surface area is 119 Å². The number of nitrogens with two attached hydrogens (primary N) is 1. The average molecular weight is 275 g/mol. The van der Waals surface area contributed by atoms with Gasteiger partial charge in [-0.05, 0) is 30.9 Å². The molecule has 5 heteroatoms. The summed E-state index contributed by atoms with van der Waals surface area (Å²) in [7, 11) is 3.37. The lowest BCUT2D eigenvalue weighted by atomic mass is 10.1. The van der Waals surface area contributed by atoms with E-state index in [-0.39, 0.29) is 17.9 Å². The van der Waals surface area contributed by atoms with Crippen LogP contribution in [0.1, 0.15) is 29.6 Å². The van der Waals surface area contributed by atoms with Crippen molar-refractivity contribution < 1.29 is 9.59 Å². The zero-order valence-electron chi connectivity index (χ0n) is 11.9. The van der Waals surface area contributed by atoms with E-state index in [4.69, 9.17) is 5.73 Å². The van der Waals surface area contributed by atoms with Crippen LogP contribution >= 0.6 is 0 Å². The Kier molecular flexibility index (Phi) is 4.39. The van der Waals surface area contributed by atoms with Gasteiger partial charge in [0.05, 0.1) is 11.3 Å². The molecular weight excluding hydrogens is 254 g/mol. The highest BCUT2D eigenvalue weighted by atomic mass is 16.2. The standard InChI is InChI=1S/C15H21N3O2/c1-18(2)15(20)11-5-3-4-6-13(11)17-14(19)9-12(16)10-7-8-10/h3-6,10,12H,7-9,16H2,1-2H3,(H,17,19). The van der Waals surface area contributed by atoms with E-state index in [0.29, 0.717) is 23.6 Å². The van der Waals surface area contributed by atoms with E-state index in [1.807, 2.05) is 0 Å². The Morgan fingerprint density at radius 1 is 1.35 bits per heavy atom. The second-order valence-corrected chi connectivity index (χ2v) is 5.50. The minimum Gasteiger partial charge on any atom is -0.345 e. The van der Waals surface area contributed by atoms with E-state index in [1.165, 1.54) is 4.90 Å². The number of carbonyl (C=O) groups excluding carboxylic acids is 2. The predicted octanol–water partition coefficient (Wildman–Crippen LogP) is 1.45. The molecule has 0 bridgehead atoms. The van der Waals surface area contributed by atoms with Crippen molar-refractivity contribution in [2.75, 3.05) is 19.4 Å². The highest BCUT2D eigenvalue weighted by Crippen LogP contribution is 2.32. The molecule has 1 unspecified atom stereocenters. The van der Waals surface area contributed by atoms with Gasteiger partial charge in [0.25, 0.3) is 5.91 Å². The third-order valence-corrected chi connectivity index (χ3v) is 3.49. The number of nitrogens with one attached hydrogen (secondary N) is 1. The Bertz CT molecular complexity index is 510. The van der Waals surface area contributed by atoms with Crippen LogP contribution in [0.5, 0.6) is 0 Å². The van der Waals surface area contributed by atoms with Gasteiger partial charge in [-0.15, -0.1) is 0 Å². The molecule has 0 aliphatic heterocycles. The molecule has 0 spiro atoms. The molecule has 108 valence electrons. The number of hydrogen-bond acceptors (Lipinski definition) is 3. The highest BCUT2D eigenvalue weighted by molar-refractivity contribution is 6.03. The maximum absolute atomic E-state index is 12.0. The van der Waals surface area contributed by atoms with Gasteiger partial charge in [0.15, 0.2) is 0 Å². The van der Waals surface area contributed by atoms with Gasteiger partial charge < -0.3 is 16.0 Å². The monoisotopic (exact) mass is 275 g/mol. The number of nitrogens with zero attached hydrogens (tertiary/aromatic N) is 1. The Morgan fingerprint density at radius 2 is 2.00 bits per heavy atom. The zero-order chi connectivity index (χ0) is 14.7. The van der Waals surface area contributed by atoms with E-state index in [2.05, 4.69) is 5.32 Å². The van der Waals surface area contributed by atoms with Crippen LogP contribution in [0.4, 0.5) is 5.69 Å². The van der Waals surface area contributed by atoms with Crippen molar-refractivity contribution in [1.82, 2.24) is 4.90 Å². The van der Waals surface area contributed by atoms with Crippen LogP contribution in [0.2, 0.25) is 0 Å². The maximum Gasteiger partial charge on any atom is 0.255 e. The molecule has 1 atom stereocenters. The molecule has 0 heterocycles. The summed E-state index contributed by atoms with van der Waals surface area (Å²) in [5, 5.41) is 2.79. The summed E-state index contributed by atoms with van der Waals surface area (Å²) >= 11 is 0. The summed E-state index contributed by atoms with van der Waals surface area (Å²) in [4.78, 5) is 25.5. The van der Waals surface area contributed by atoms with E-state index in [9.17, 15) is 9.59 Å². The van der Waals surface area contributed by atoms with Crippen LogP contribution in [0, 0.1) is 5.92 Å².